The molecule has 0 aromatic carbocycles. The summed E-state index contributed by atoms with van der Waals surface area (Å²) in [6.45, 7) is 4.67. The second kappa shape index (κ2) is 2.01. The van der Waals surface area contributed by atoms with Crippen molar-refractivity contribution in [2.45, 2.75) is 26.7 Å². The van der Waals surface area contributed by atoms with Crippen LogP contribution in [0.25, 0.3) is 0 Å². The Kier molecular flexibility index (Phi) is 1.47. The number of cyclic esters (lactones) is 1. The zero-order valence-electron chi connectivity index (χ0n) is 5.94. The minimum absolute atomic E-state index is 0.0237. The summed E-state index contributed by atoms with van der Waals surface area (Å²) in [6.07, 6.45) is 2.03. The quantitative estimate of drug-likeness (QED) is 0.525. The molecule has 0 aliphatic carbocycles. The molecule has 0 aromatic rings. The van der Waals surface area contributed by atoms with Crippen LogP contribution >= 0.6 is 0 Å². The predicted molar refractivity (Wildman–Crippen MR) is 34.0 cm³/mol. The molecule has 1 heterocycles. The number of carbonyl (C=O) groups excluding carboxylic acids is 1. The van der Waals surface area contributed by atoms with Crippen molar-refractivity contribution in [1.82, 2.24) is 0 Å². The standard InChI is InChI=1S/C7H12O2/c1-3-4-7(2)5-9-6(7)8/h3-5H2,1-2H3. The van der Waals surface area contributed by atoms with Crippen molar-refractivity contribution in [3.63, 3.8) is 0 Å². The van der Waals surface area contributed by atoms with E-state index in [1.54, 1.807) is 0 Å². The van der Waals surface area contributed by atoms with Gasteiger partial charge in [0.1, 0.15) is 6.61 Å². The maximum absolute atomic E-state index is 10.7. The van der Waals surface area contributed by atoms with Crippen LogP contribution in [0.4, 0.5) is 0 Å². The molecule has 52 valence electrons. The van der Waals surface area contributed by atoms with E-state index in [1.165, 1.54) is 0 Å². The molecular weight excluding hydrogens is 116 g/mol. The fourth-order valence-electron chi connectivity index (χ4n) is 1.10. The lowest BCUT2D eigenvalue weighted by Gasteiger charge is -2.35. The molecular formula is C7H12O2. The second-order valence-corrected chi connectivity index (χ2v) is 2.89. The molecule has 1 rings (SSSR count). The van der Waals surface area contributed by atoms with E-state index in [9.17, 15) is 4.79 Å². The molecule has 1 atom stereocenters. The summed E-state index contributed by atoms with van der Waals surface area (Å²) < 4.78 is 4.66. The van der Waals surface area contributed by atoms with E-state index in [1.807, 2.05) is 6.92 Å². The molecule has 1 aliphatic heterocycles. The maximum Gasteiger partial charge on any atom is 0.315 e. The van der Waals surface area contributed by atoms with E-state index in [-0.39, 0.29) is 11.4 Å². The fraction of sp³-hybridized carbons (Fsp3) is 0.857. The summed E-state index contributed by atoms with van der Waals surface area (Å²) in [5.74, 6) is -0.0237. The lowest BCUT2D eigenvalue weighted by molar-refractivity contribution is -0.183. The highest BCUT2D eigenvalue weighted by Gasteiger charge is 2.43. The van der Waals surface area contributed by atoms with Gasteiger partial charge in [-0.05, 0) is 13.3 Å². The average Bonchev–Trinajstić information content (AvgIpc) is 1.86. The molecule has 0 amide bonds. The molecule has 2 nitrogen and oxygen atoms in total. The molecule has 0 bridgehead atoms. The fourth-order valence-corrected chi connectivity index (χ4v) is 1.10. The lowest BCUT2D eigenvalue weighted by atomic mass is 9.83. The summed E-state index contributed by atoms with van der Waals surface area (Å²) in [6, 6.07) is 0. The number of ether oxygens (including phenoxy) is 1. The van der Waals surface area contributed by atoms with Crippen molar-refractivity contribution in [3.8, 4) is 0 Å². The van der Waals surface area contributed by atoms with Gasteiger partial charge in [0.05, 0.1) is 5.41 Å². The summed E-state index contributed by atoms with van der Waals surface area (Å²) in [7, 11) is 0. The van der Waals surface area contributed by atoms with E-state index in [4.69, 9.17) is 0 Å². The Morgan fingerprint density at radius 2 is 2.44 bits per heavy atom. The van der Waals surface area contributed by atoms with Crippen LogP contribution < -0.4 is 0 Å². The van der Waals surface area contributed by atoms with Crippen LogP contribution in [0.5, 0.6) is 0 Å². The highest BCUT2D eigenvalue weighted by Crippen LogP contribution is 2.32. The first-order chi connectivity index (χ1) is 4.19. The molecule has 1 aliphatic rings. The summed E-state index contributed by atoms with van der Waals surface area (Å²) in [5.41, 5.74) is -0.130. The van der Waals surface area contributed by atoms with Gasteiger partial charge in [-0.1, -0.05) is 13.3 Å². The molecule has 0 aromatic heterocycles. The number of hydrogen-bond acceptors (Lipinski definition) is 2. The molecule has 1 fully saturated rings. The van der Waals surface area contributed by atoms with E-state index in [0.29, 0.717) is 6.61 Å². The third-order valence-electron chi connectivity index (χ3n) is 1.82. The SMILES string of the molecule is CCCC1(C)COC1=O. The minimum Gasteiger partial charge on any atom is -0.464 e. The first-order valence-electron chi connectivity index (χ1n) is 3.36. The van der Waals surface area contributed by atoms with Crippen molar-refractivity contribution >= 4 is 5.97 Å². The van der Waals surface area contributed by atoms with Gasteiger partial charge in [0.2, 0.25) is 0 Å². The van der Waals surface area contributed by atoms with Gasteiger partial charge in [-0.15, -0.1) is 0 Å². The molecule has 0 spiro atoms. The van der Waals surface area contributed by atoms with Gasteiger partial charge in [0.15, 0.2) is 0 Å². The molecule has 0 saturated carbocycles. The van der Waals surface area contributed by atoms with E-state index < -0.39 is 0 Å². The highest BCUT2D eigenvalue weighted by molar-refractivity contribution is 5.81. The Balaban J connectivity index is 2.43. The van der Waals surface area contributed by atoms with Crippen LogP contribution in [-0.4, -0.2) is 12.6 Å². The Hall–Kier alpha value is -0.530. The Morgan fingerprint density at radius 3 is 2.56 bits per heavy atom. The van der Waals surface area contributed by atoms with Gasteiger partial charge in [0.25, 0.3) is 0 Å². The maximum atomic E-state index is 10.7. The van der Waals surface area contributed by atoms with Crippen LogP contribution in [0.3, 0.4) is 0 Å². The number of carbonyl (C=O) groups is 1. The van der Waals surface area contributed by atoms with Crippen molar-refractivity contribution in [2.75, 3.05) is 6.61 Å². The van der Waals surface area contributed by atoms with Crippen LogP contribution in [0.1, 0.15) is 26.7 Å². The van der Waals surface area contributed by atoms with Crippen molar-refractivity contribution in [2.24, 2.45) is 5.41 Å². The number of rotatable bonds is 2. The van der Waals surface area contributed by atoms with Crippen LogP contribution in [0.15, 0.2) is 0 Å². The topological polar surface area (TPSA) is 26.3 Å². The molecule has 0 radical (unpaired) electrons. The van der Waals surface area contributed by atoms with Gasteiger partial charge in [-0.3, -0.25) is 4.79 Å². The highest BCUT2D eigenvalue weighted by atomic mass is 16.6. The van der Waals surface area contributed by atoms with Crippen molar-refractivity contribution in [1.29, 1.82) is 0 Å². The Morgan fingerprint density at radius 1 is 1.78 bits per heavy atom. The van der Waals surface area contributed by atoms with Crippen LogP contribution in [0.2, 0.25) is 0 Å². The Labute approximate surface area is 55.2 Å². The summed E-state index contributed by atoms with van der Waals surface area (Å²) in [4.78, 5) is 10.7. The predicted octanol–water partition coefficient (Wildman–Crippen LogP) is 1.35. The van der Waals surface area contributed by atoms with Crippen LogP contribution in [-0.2, 0) is 9.53 Å². The van der Waals surface area contributed by atoms with Gasteiger partial charge in [-0.2, -0.15) is 0 Å². The molecule has 0 N–H and O–H groups in total. The second-order valence-electron chi connectivity index (χ2n) is 2.89. The first kappa shape index (κ1) is 6.59. The zero-order chi connectivity index (χ0) is 6.91. The number of hydrogen-bond donors (Lipinski definition) is 0. The molecule has 2 heteroatoms. The van der Waals surface area contributed by atoms with E-state index in [0.717, 1.165) is 12.8 Å². The van der Waals surface area contributed by atoms with Gasteiger partial charge in [0, 0.05) is 0 Å². The Bertz CT molecular complexity index is 131. The first-order valence-corrected chi connectivity index (χ1v) is 3.36. The molecule has 9 heavy (non-hydrogen) atoms. The molecule has 1 unspecified atom stereocenters. The van der Waals surface area contributed by atoms with Crippen LogP contribution in [0, 0.1) is 5.41 Å². The third kappa shape index (κ3) is 0.934. The lowest BCUT2D eigenvalue weighted by Crippen LogP contribution is -2.45. The van der Waals surface area contributed by atoms with E-state index in [2.05, 4.69) is 11.7 Å². The van der Waals surface area contributed by atoms with Gasteiger partial charge in [-0.25, -0.2) is 0 Å². The number of esters is 1. The summed E-state index contributed by atoms with van der Waals surface area (Å²) in [5, 5.41) is 0. The normalized spacial score (nSPS) is 33.3. The van der Waals surface area contributed by atoms with Crippen molar-refractivity contribution < 1.29 is 9.53 Å². The monoisotopic (exact) mass is 128 g/mol. The smallest absolute Gasteiger partial charge is 0.315 e. The molecule has 1 saturated heterocycles. The zero-order valence-corrected chi connectivity index (χ0v) is 5.94. The largest absolute Gasteiger partial charge is 0.464 e. The average molecular weight is 128 g/mol. The van der Waals surface area contributed by atoms with E-state index >= 15 is 0 Å². The minimum atomic E-state index is -0.130. The third-order valence-corrected chi connectivity index (χ3v) is 1.82. The summed E-state index contributed by atoms with van der Waals surface area (Å²) >= 11 is 0. The van der Waals surface area contributed by atoms with Gasteiger partial charge < -0.3 is 4.74 Å². The van der Waals surface area contributed by atoms with Crippen molar-refractivity contribution in [3.05, 3.63) is 0 Å². The van der Waals surface area contributed by atoms with Gasteiger partial charge >= 0.3 is 5.97 Å².